The first-order valence-electron chi connectivity index (χ1n) is 6.64. The highest BCUT2D eigenvalue weighted by atomic mass is 35.5. The molecule has 0 radical (unpaired) electrons. The van der Waals surface area contributed by atoms with Crippen molar-refractivity contribution in [1.82, 2.24) is 0 Å². The summed E-state index contributed by atoms with van der Waals surface area (Å²) < 4.78 is 33.0. The lowest BCUT2D eigenvalue weighted by molar-refractivity contribution is 0.600. The van der Waals surface area contributed by atoms with Gasteiger partial charge < -0.3 is 4.42 Å². The molecule has 0 amide bonds. The van der Waals surface area contributed by atoms with Crippen LogP contribution in [0.1, 0.15) is 11.1 Å². The predicted octanol–water partition coefficient (Wildman–Crippen LogP) is 4.50. The number of hydrogen-bond acceptors (Lipinski definition) is 3. The van der Waals surface area contributed by atoms with Gasteiger partial charge in [0.15, 0.2) is 0 Å². The van der Waals surface area contributed by atoms with E-state index in [9.17, 15) is 8.42 Å². The van der Waals surface area contributed by atoms with Crippen LogP contribution in [0.15, 0.2) is 52.0 Å². The van der Waals surface area contributed by atoms with Crippen LogP contribution in [0.3, 0.4) is 0 Å². The summed E-state index contributed by atoms with van der Waals surface area (Å²) >= 11 is 6.00. The van der Waals surface area contributed by atoms with Crippen molar-refractivity contribution in [3.05, 3.63) is 58.8 Å². The van der Waals surface area contributed by atoms with Crippen molar-refractivity contribution in [2.75, 3.05) is 4.72 Å². The molecule has 0 spiro atoms. The fraction of sp³-hybridized carbons (Fsp3) is 0.125. The van der Waals surface area contributed by atoms with Gasteiger partial charge in [0.2, 0.25) is 0 Å². The van der Waals surface area contributed by atoms with Crippen molar-refractivity contribution >= 4 is 38.3 Å². The number of fused-ring (bicyclic) bond motifs is 1. The van der Waals surface area contributed by atoms with E-state index in [0.717, 1.165) is 16.5 Å². The van der Waals surface area contributed by atoms with E-state index >= 15 is 0 Å². The first-order valence-corrected chi connectivity index (χ1v) is 8.50. The standard InChI is InChI=1S/C16H14ClNO3S/c1-10-9-21-15-7-6-12(8-13(10)15)18-22(19,20)16-5-3-4-14(17)11(16)2/h3-9,18H,1-2H3. The maximum atomic E-state index is 12.5. The quantitative estimate of drug-likeness (QED) is 0.766. The minimum absolute atomic E-state index is 0.170. The highest BCUT2D eigenvalue weighted by Gasteiger charge is 2.18. The van der Waals surface area contributed by atoms with Gasteiger partial charge in [-0.3, -0.25) is 4.72 Å². The Hall–Kier alpha value is -1.98. The topological polar surface area (TPSA) is 59.3 Å². The number of halogens is 1. The van der Waals surface area contributed by atoms with Gasteiger partial charge in [-0.15, -0.1) is 0 Å². The van der Waals surface area contributed by atoms with E-state index in [1.807, 2.05) is 6.92 Å². The van der Waals surface area contributed by atoms with Gasteiger partial charge in [-0.05, 0) is 55.3 Å². The molecule has 22 heavy (non-hydrogen) atoms. The lowest BCUT2D eigenvalue weighted by Gasteiger charge is -2.11. The Morgan fingerprint density at radius 1 is 1.14 bits per heavy atom. The number of nitrogens with one attached hydrogen (secondary N) is 1. The molecule has 0 unspecified atom stereocenters. The molecule has 3 aromatic rings. The molecule has 1 N–H and O–H groups in total. The summed E-state index contributed by atoms with van der Waals surface area (Å²) in [6.45, 7) is 3.59. The van der Waals surface area contributed by atoms with Crippen LogP contribution in [0.25, 0.3) is 11.0 Å². The van der Waals surface area contributed by atoms with Crippen LogP contribution in [0.2, 0.25) is 5.02 Å². The maximum absolute atomic E-state index is 12.5. The number of hydrogen-bond donors (Lipinski definition) is 1. The summed E-state index contributed by atoms with van der Waals surface area (Å²) in [5.41, 5.74) is 2.68. The number of benzene rings is 2. The molecule has 0 atom stereocenters. The van der Waals surface area contributed by atoms with Crippen LogP contribution in [0.5, 0.6) is 0 Å². The average molecular weight is 336 g/mol. The second kappa shape index (κ2) is 5.34. The van der Waals surface area contributed by atoms with E-state index in [2.05, 4.69) is 4.72 Å². The van der Waals surface area contributed by atoms with Crippen molar-refractivity contribution in [1.29, 1.82) is 0 Å². The normalized spacial score (nSPS) is 11.8. The van der Waals surface area contributed by atoms with E-state index in [1.54, 1.807) is 43.5 Å². The second-order valence-corrected chi connectivity index (χ2v) is 7.16. The van der Waals surface area contributed by atoms with Crippen LogP contribution in [0.4, 0.5) is 5.69 Å². The number of aryl methyl sites for hydroxylation is 1. The molecule has 2 aromatic carbocycles. The van der Waals surface area contributed by atoms with Gasteiger partial charge in [0.1, 0.15) is 5.58 Å². The molecule has 3 rings (SSSR count). The third-order valence-electron chi connectivity index (χ3n) is 3.53. The Morgan fingerprint density at radius 3 is 2.68 bits per heavy atom. The fourth-order valence-corrected chi connectivity index (χ4v) is 3.86. The average Bonchev–Trinajstić information content (AvgIpc) is 2.82. The monoisotopic (exact) mass is 335 g/mol. The van der Waals surface area contributed by atoms with E-state index in [-0.39, 0.29) is 4.90 Å². The third-order valence-corrected chi connectivity index (χ3v) is 5.46. The molecule has 114 valence electrons. The van der Waals surface area contributed by atoms with Crippen molar-refractivity contribution < 1.29 is 12.8 Å². The largest absolute Gasteiger partial charge is 0.464 e. The highest BCUT2D eigenvalue weighted by Crippen LogP contribution is 2.27. The van der Waals surface area contributed by atoms with Crippen molar-refractivity contribution in [3.63, 3.8) is 0 Å². The number of sulfonamides is 1. The highest BCUT2D eigenvalue weighted by molar-refractivity contribution is 7.92. The van der Waals surface area contributed by atoms with Gasteiger partial charge in [-0.2, -0.15) is 0 Å². The van der Waals surface area contributed by atoms with Crippen LogP contribution in [0, 0.1) is 13.8 Å². The summed E-state index contributed by atoms with van der Waals surface area (Å²) in [5.74, 6) is 0. The van der Waals surface area contributed by atoms with Gasteiger partial charge in [-0.1, -0.05) is 17.7 Å². The molecule has 0 saturated heterocycles. The van der Waals surface area contributed by atoms with Crippen molar-refractivity contribution in [3.8, 4) is 0 Å². The molecule has 4 nitrogen and oxygen atoms in total. The fourth-order valence-electron chi connectivity index (χ4n) is 2.31. The van der Waals surface area contributed by atoms with E-state index < -0.39 is 10.0 Å². The Bertz CT molecular complexity index is 961. The molecule has 1 heterocycles. The summed E-state index contributed by atoms with van der Waals surface area (Å²) in [6.07, 6.45) is 1.64. The zero-order valence-electron chi connectivity index (χ0n) is 12.1. The zero-order valence-corrected chi connectivity index (χ0v) is 13.6. The van der Waals surface area contributed by atoms with Crippen LogP contribution >= 0.6 is 11.6 Å². The lowest BCUT2D eigenvalue weighted by atomic mass is 10.2. The second-order valence-electron chi connectivity index (χ2n) is 5.10. The van der Waals surface area contributed by atoms with Crippen molar-refractivity contribution in [2.45, 2.75) is 18.7 Å². The Kier molecular flexibility index (Phi) is 3.62. The summed E-state index contributed by atoms with van der Waals surface area (Å²) in [6, 6.07) is 9.98. The third kappa shape index (κ3) is 2.58. The van der Waals surface area contributed by atoms with Crippen LogP contribution in [-0.2, 0) is 10.0 Å². The molecule has 0 aliphatic heterocycles. The molecular formula is C16H14ClNO3S. The molecule has 0 bridgehead atoms. The summed E-state index contributed by atoms with van der Waals surface area (Å²) in [5, 5.41) is 1.30. The summed E-state index contributed by atoms with van der Waals surface area (Å²) in [7, 11) is -3.70. The lowest BCUT2D eigenvalue weighted by Crippen LogP contribution is -2.14. The van der Waals surface area contributed by atoms with Gasteiger partial charge >= 0.3 is 0 Å². The smallest absolute Gasteiger partial charge is 0.262 e. The molecule has 0 saturated carbocycles. The molecule has 1 aromatic heterocycles. The first kappa shape index (κ1) is 14.9. The minimum Gasteiger partial charge on any atom is -0.464 e. The van der Waals surface area contributed by atoms with Gasteiger partial charge in [-0.25, -0.2) is 8.42 Å². The van der Waals surface area contributed by atoms with Crippen LogP contribution in [-0.4, -0.2) is 8.42 Å². The summed E-state index contributed by atoms with van der Waals surface area (Å²) in [4.78, 5) is 0.170. The SMILES string of the molecule is Cc1c(Cl)cccc1S(=O)(=O)Nc1ccc2occ(C)c2c1. The Morgan fingerprint density at radius 2 is 1.91 bits per heavy atom. The molecule has 0 aliphatic rings. The van der Waals surface area contributed by atoms with Gasteiger partial charge in [0.25, 0.3) is 10.0 Å². The van der Waals surface area contributed by atoms with Crippen molar-refractivity contribution in [2.24, 2.45) is 0 Å². The van der Waals surface area contributed by atoms with Crippen LogP contribution < -0.4 is 4.72 Å². The molecular weight excluding hydrogens is 322 g/mol. The minimum atomic E-state index is -3.70. The van der Waals surface area contributed by atoms with E-state index in [0.29, 0.717) is 16.3 Å². The maximum Gasteiger partial charge on any atom is 0.262 e. The van der Waals surface area contributed by atoms with Gasteiger partial charge in [0.05, 0.1) is 11.2 Å². The van der Waals surface area contributed by atoms with E-state index in [1.165, 1.54) is 6.07 Å². The predicted molar refractivity (Wildman–Crippen MR) is 87.9 cm³/mol. The number of furan rings is 1. The Balaban J connectivity index is 2.02. The zero-order chi connectivity index (χ0) is 15.9. The molecule has 0 fully saturated rings. The van der Waals surface area contributed by atoms with Gasteiger partial charge in [0, 0.05) is 16.1 Å². The van der Waals surface area contributed by atoms with E-state index in [4.69, 9.17) is 16.0 Å². The molecule has 6 heteroatoms. The molecule has 0 aliphatic carbocycles. The number of rotatable bonds is 3. The number of anilines is 1. The Labute approximate surface area is 133 Å². The first-order chi connectivity index (χ1) is 10.4.